The normalized spacial score (nSPS) is 11.1. The highest BCUT2D eigenvalue weighted by Crippen LogP contribution is 2.14. The van der Waals surface area contributed by atoms with Gasteiger partial charge in [-0.15, -0.1) is 0 Å². The predicted octanol–water partition coefficient (Wildman–Crippen LogP) is 3.18. The molecule has 0 aliphatic carbocycles. The minimum atomic E-state index is -0.190. The number of halogens is 1. The second-order valence-corrected chi connectivity index (χ2v) is 6.55. The van der Waals surface area contributed by atoms with Crippen molar-refractivity contribution in [1.82, 2.24) is 15.5 Å². The number of hydrogen-bond acceptors (Lipinski definition) is 3. The summed E-state index contributed by atoms with van der Waals surface area (Å²) in [4.78, 5) is 18.5. The molecule has 2 N–H and O–H groups in total. The smallest absolute Gasteiger partial charge is 0.252 e. The Morgan fingerprint density at radius 1 is 1.11 bits per heavy atom. The second kappa shape index (κ2) is 11.2. The van der Waals surface area contributed by atoms with E-state index in [4.69, 9.17) is 16.3 Å². The molecule has 0 saturated heterocycles. The number of amides is 1. The Labute approximate surface area is 171 Å². The van der Waals surface area contributed by atoms with E-state index in [1.807, 2.05) is 43.1 Å². The maximum atomic E-state index is 12.2. The highest BCUT2D eigenvalue weighted by Gasteiger charge is 2.10. The lowest BCUT2D eigenvalue weighted by molar-refractivity contribution is 0.0954. The molecule has 28 heavy (non-hydrogen) atoms. The lowest BCUT2D eigenvalue weighted by atomic mass is 10.2. The van der Waals surface area contributed by atoms with Gasteiger partial charge in [-0.3, -0.25) is 9.79 Å². The van der Waals surface area contributed by atoms with Crippen molar-refractivity contribution in [2.45, 2.75) is 13.5 Å². The Hall–Kier alpha value is -2.73. The molecule has 0 aliphatic rings. The summed E-state index contributed by atoms with van der Waals surface area (Å²) in [6, 6.07) is 15.0. The zero-order chi connectivity index (χ0) is 20.4. The molecule has 150 valence electrons. The number of nitrogens with one attached hydrogen (secondary N) is 2. The average Bonchev–Trinajstić information content (AvgIpc) is 2.70. The van der Waals surface area contributed by atoms with E-state index in [2.05, 4.69) is 15.6 Å². The zero-order valence-corrected chi connectivity index (χ0v) is 17.3. The van der Waals surface area contributed by atoms with Gasteiger partial charge in [0.1, 0.15) is 5.75 Å². The molecule has 0 atom stereocenters. The van der Waals surface area contributed by atoms with Crippen LogP contribution in [0.2, 0.25) is 5.02 Å². The second-order valence-electron chi connectivity index (χ2n) is 6.14. The molecule has 0 spiro atoms. The van der Waals surface area contributed by atoms with E-state index in [-0.39, 0.29) is 5.91 Å². The summed E-state index contributed by atoms with van der Waals surface area (Å²) in [6.07, 6.45) is 0. The van der Waals surface area contributed by atoms with Crippen LogP contribution in [0.15, 0.2) is 53.5 Å². The number of nitrogens with zero attached hydrogens (tertiary/aromatic N) is 2. The Balaban J connectivity index is 1.78. The largest absolute Gasteiger partial charge is 0.494 e. The minimum absolute atomic E-state index is 0.190. The summed E-state index contributed by atoms with van der Waals surface area (Å²) in [5, 5.41) is 6.54. The van der Waals surface area contributed by atoms with Gasteiger partial charge >= 0.3 is 0 Å². The number of carbonyl (C=O) groups is 1. The number of aliphatic imine (C=N–C) groups is 1. The van der Waals surface area contributed by atoms with E-state index >= 15 is 0 Å². The van der Waals surface area contributed by atoms with Gasteiger partial charge < -0.3 is 20.3 Å². The van der Waals surface area contributed by atoms with Crippen LogP contribution < -0.4 is 15.4 Å². The number of guanidine groups is 1. The standard InChI is InChI=1S/C21H27ClN4O2/c1-4-28-17-11-9-16(10-12-17)15-26(3)21(23-2)25-14-13-24-20(27)18-7-5-6-8-19(18)22/h5-12H,4,13-15H2,1-3H3,(H,23,25)(H,24,27). The van der Waals surface area contributed by atoms with Crippen molar-refractivity contribution in [3.05, 3.63) is 64.7 Å². The number of benzene rings is 2. The third-order valence-corrected chi connectivity index (χ3v) is 4.37. The van der Waals surface area contributed by atoms with Crippen LogP contribution in [0.5, 0.6) is 5.75 Å². The molecule has 1 amide bonds. The van der Waals surface area contributed by atoms with Crippen molar-refractivity contribution in [2.24, 2.45) is 4.99 Å². The first-order valence-corrected chi connectivity index (χ1v) is 9.59. The fourth-order valence-electron chi connectivity index (χ4n) is 2.68. The third kappa shape index (κ3) is 6.46. The van der Waals surface area contributed by atoms with Crippen LogP contribution in [0.4, 0.5) is 0 Å². The van der Waals surface area contributed by atoms with E-state index in [0.29, 0.717) is 36.8 Å². The van der Waals surface area contributed by atoms with Crippen molar-refractivity contribution in [1.29, 1.82) is 0 Å². The molecule has 0 saturated carbocycles. The summed E-state index contributed by atoms with van der Waals surface area (Å²) >= 11 is 6.04. The van der Waals surface area contributed by atoms with Crippen LogP contribution in [-0.2, 0) is 6.54 Å². The van der Waals surface area contributed by atoms with Gasteiger partial charge in [-0.05, 0) is 36.8 Å². The van der Waals surface area contributed by atoms with Crippen LogP contribution in [-0.4, -0.2) is 50.6 Å². The SMILES string of the molecule is CCOc1ccc(CN(C)C(=NC)NCCNC(=O)c2ccccc2Cl)cc1. The Morgan fingerprint density at radius 3 is 2.43 bits per heavy atom. The quantitative estimate of drug-likeness (QED) is 0.404. The first kappa shape index (κ1) is 21.6. The summed E-state index contributed by atoms with van der Waals surface area (Å²) in [7, 11) is 3.70. The van der Waals surface area contributed by atoms with E-state index in [1.165, 1.54) is 0 Å². The summed E-state index contributed by atoms with van der Waals surface area (Å²) in [6.45, 7) is 4.34. The van der Waals surface area contributed by atoms with Crippen LogP contribution >= 0.6 is 11.6 Å². The Kier molecular flexibility index (Phi) is 8.62. The van der Waals surface area contributed by atoms with Crippen molar-refractivity contribution >= 4 is 23.5 Å². The monoisotopic (exact) mass is 402 g/mol. The molecule has 0 bridgehead atoms. The summed E-state index contributed by atoms with van der Waals surface area (Å²) in [5.74, 6) is 1.43. The molecule has 0 aliphatic heterocycles. The van der Waals surface area contributed by atoms with Gasteiger partial charge in [-0.25, -0.2) is 0 Å². The van der Waals surface area contributed by atoms with E-state index in [9.17, 15) is 4.79 Å². The molecule has 0 heterocycles. The highest BCUT2D eigenvalue weighted by atomic mass is 35.5. The third-order valence-electron chi connectivity index (χ3n) is 4.04. The van der Waals surface area contributed by atoms with Crippen molar-refractivity contribution < 1.29 is 9.53 Å². The van der Waals surface area contributed by atoms with Crippen LogP contribution in [0.25, 0.3) is 0 Å². The molecule has 0 unspecified atom stereocenters. The van der Waals surface area contributed by atoms with Crippen molar-refractivity contribution in [3.63, 3.8) is 0 Å². The maximum Gasteiger partial charge on any atom is 0.252 e. The van der Waals surface area contributed by atoms with Crippen molar-refractivity contribution in [3.8, 4) is 5.75 Å². The van der Waals surface area contributed by atoms with Gasteiger partial charge in [0, 0.05) is 33.7 Å². The van der Waals surface area contributed by atoms with Crippen LogP contribution in [0.3, 0.4) is 0 Å². The fraction of sp³-hybridized carbons (Fsp3) is 0.333. The maximum absolute atomic E-state index is 12.2. The predicted molar refractivity (Wildman–Crippen MR) is 114 cm³/mol. The van der Waals surface area contributed by atoms with Crippen molar-refractivity contribution in [2.75, 3.05) is 33.8 Å². The minimum Gasteiger partial charge on any atom is -0.494 e. The highest BCUT2D eigenvalue weighted by molar-refractivity contribution is 6.33. The van der Waals surface area contributed by atoms with Crippen LogP contribution in [0.1, 0.15) is 22.8 Å². The van der Waals surface area contributed by atoms with Gasteiger partial charge in [-0.2, -0.15) is 0 Å². The molecule has 2 aromatic rings. The lowest BCUT2D eigenvalue weighted by Crippen LogP contribution is -2.42. The van der Waals surface area contributed by atoms with Crippen LogP contribution in [0, 0.1) is 0 Å². The molecule has 7 heteroatoms. The fourth-order valence-corrected chi connectivity index (χ4v) is 2.90. The number of carbonyl (C=O) groups excluding carboxylic acids is 1. The first-order valence-electron chi connectivity index (χ1n) is 9.21. The van der Waals surface area contributed by atoms with Gasteiger partial charge in [0.15, 0.2) is 5.96 Å². The van der Waals surface area contributed by atoms with Gasteiger partial charge in [0.2, 0.25) is 0 Å². The molecule has 2 rings (SSSR count). The summed E-state index contributed by atoms with van der Waals surface area (Å²) < 4.78 is 5.47. The Morgan fingerprint density at radius 2 is 1.79 bits per heavy atom. The van der Waals surface area contributed by atoms with E-state index in [1.54, 1.807) is 31.3 Å². The van der Waals surface area contributed by atoms with Gasteiger partial charge in [0.25, 0.3) is 5.91 Å². The molecule has 0 aromatic heterocycles. The van der Waals surface area contributed by atoms with Gasteiger partial charge in [-0.1, -0.05) is 35.9 Å². The zero-order valence-electron chi connectivity index (χ0n) is 16.5. The van der Waals surface area contributed by atoms with E-state index in [0.717, 1.165) is 17.3 Å². The van der Waals surface area contributed by atoms with E-state index < -0.39 is 0 Å². The number of hydrogen-bond donors (Lipinski definition) is 2. The Bertz CT molecular complexity index is 793. The number of rotatable bonds is 8. The van der Waals surface area contributed by atoms with Gasteiger partial charge in [0.05, 0.1) is 17.2 Å². The molecular weight excluding hydrogens is 376 g/mol. The molecule has 0 fully saturated rings. The lowest BCUT2D eigenvalue weighted by Gasteiger charge is -2.22. The topological polar surface area (TPSA) is 66.0 Å². The first-order chi connectivity index (χ1) is 13.5. The molecular formula is C21H27ClN4O2. The molecule has 2 aromatic carbocycles. The summed E-state index contributed by atoms with van der Waals surface area (Å²) in [5.41, 5.74) is 1.63. The average molecular weight is 403 g/mol. The molecule has 0 radical (unpaired) electrons. The number of ether oxygens (including phenoxy) is 1. The molecule has 6 nitrogen and oxygen atoms in total.